The van der Waals surface area contributed by atoms with E-state index in [-0.39, 0.29) is 12.4 Å². The Bertz CT molecular complexity index is 75.4. The summed E-state index contributed by atoms with van der Waals surface area (Å²) in [5.74, 6) is 0. The number of quaternary nitrogens is 1. The van der Waals surface area contributed by atoms with E-state index in [1.165, 1.54) is 6.08 Å². The highest BCUT2D eigenvalue weighted by Gasteiger charge is 1.83. The average molecular weight is 154 g/mol. The Labute approximate surface area is 60.8 Å². The van der Waals surface area contributed by atoms with Crippen LogP contribution in [0.15, 0.2) is 12.2 Å². The summed E-state index contributed by atoms with van der Waals surface area (Å²) in [5, 5.41) is 18.4. The van der Waals surface area contributed by atoms with E-state index in [0.29, 0.717) is 0 Å². The molecule has 0 rings (SSSR count). The molecule has 0 aliphatic rings. The minimum absolute atomic E-state index is 0. The van der Waals surface area contributed by atoms with E-state index in [1.807, 2.05) is 12.4 Å². The SMILES string of the molecule is C[NH2+]CC=CC(O)O.[Cl-]. The summed E-state index contributed by atoms with van der Waals surface area (Å²) in [6.07, 6.45) is 1.74. The third-order valence-corrected chi connectivity index (χ3v) is 0.680. The van der Waals surface area contributed by atoms with Gasteiger partial charge in [-0.1, -0.05) is 0 Å². The number of hydrogen-bond acceptors (Lipinski definition) is 2. The molecule has 0 aromatic rings. The molecule has 0 radical (unpaired) electrons. The van der Waals surface area contributed by atoms with Crippen molar-refractivity contribution in [3.63, 3.8) is 0 Å². The molecule has 3 nitrogen and oxygen atoms in total. The molecule has 0 unspecified atom stereocenters. The number of aliphatic hydroxyl groups is 2. The van der Waals surface area contributed by atoms with Crippen LogP contribution in [0.1, 0.15) is 0 Å². The molecule has 0 aromatic heterocycles. The van der Waals surface area contributed by atoms with Crippen LogP contribution in [0, 0.1) is 0 Å². The molecule has 4 N–H and O–H groups in total. The lowest BCUT2D eigenvalue weighted by atomic mass is 10.5. The first-order valence-electron chi connectivity index (χ1n) is 2.58. The van der Waals surface area contributed by atoms with Crippen LogP contribution >= 0.6 is 0 Å². The lowest BCUT2D eigenvalue weighted by Crippen LogP contribution is -3.00. The molecule has 9 heavy (non-hydrogen) atoms. The molecule has 4 heteroatoms. The topological polar surface area (TPSA) is 57.1 Å². The third-order valence-electron chi connectivity index (χ3n) is 0.680. The summed E-state index contributed by atoms with van der Waals surface area (Å²) in [6, 6.07) is 0. The molecular formula is C5H12ClNO2. The van der Waals surface area contributed by atoms with Gasteiger partial charge in [-0.25, -0.2) is 0 Å². The van der Waals surface area contributed by atoms with Crippen molar-refractivity contribution in [2.45, 2.75) is 6.29 Å². The van der Waals surface area contributed by atoms with Crippen molar-refractivity contribution in [1.82, 2.24) is 0 Å². The fourth-order valence-corrected chi connectivity index (χ4v) is 0.336. The van der Waals surface area contributed by atoms with E-state index in [9.17, 15) is 0 Å². The van der Waals surface area contributed by atoms with E-state index < -0.39 is 6.29 Å². The van der Waals surface area contributed by atoms with Crippen molar-refractivity contribution < 1.29 is 27.9 Å². The molecule has 0 amide bonds. The fourth-order valence-electron chi connectivity index (χ4n) is 0.336. The highest BCUT2D eigenvalue weighted by molar-refractivity contribution is 4.81. The predicted molar refractivity (Wildman–Crippen MR) is 30.1 cm³/mol. The van der Waals surface area contributed by atoms with Gasteiger partial charge in [0.1, 0.15) is 0 Å². The smallest absolute Gasteiger partial charge is 0.171 e. The second-order valence-electron chi connectivity index (χ2n) is 1.49. The number of hydrogen-bond donors (Lipinski definition) is 3. The molecular weight excluding hydrogens is 142 g/mol. The number of nitrogens with two attached hydrogens (primary N) is 1. The normalized spacial score (nSPS) is 10.2. The monoisotopic (exact) mass is 153 g/mol. The van der Waals surface area contributed by atoms with Crippen LogP contribution in [0.25, 0.3) is 0 Å². The Morgan fingerprint density at radius 3 is 2.44 bits per heavy atom. The molecule has 0 heterocycles. The minimum Gasteiger partial charge on any atom is -1.00 e. The highest BCUT2D eigenvalue weighted by atomic mass is 35.5. The number of halogens is 1. The van der Waals surface area contributed by atoms with E-state index in [0.717, 1.165) is 6.54 Å². The highest BCUT2D eigenvalue weighted by Crippen LogP contribution is 1.73. The second-order valence-corrected chi connectivity index (χ2v) is 1.49. The quantitative estimate of drug-likeness (QED) is 0.281. The summed E-state index contributed by atoms with van der Waals surface area (Å²) in [6.45, 7) is 0.789. The van der Waals surface area contributed by atoms with Gasteiger partial charge < -0.3 is 27.9 Å². The molecule has 0 aliphatic heterocycles. The van der Waals surface area contributed by atoms with Gasteiger partial charge in [-0.05, 0) is 12.2 Å². The fraction of sp³-hybridized carbons (Fsp3) is 0.600. The molecule has 0 aliphatic carbocycles. The summed E-state index contributed by atoms with van der Waals surface area (Å²) in [5.41, 5.74) is 0. The zero-order valence-corrected chi connectivity index (χ0v) is 6.04. The van der Waals surface area contributed by atoms with Gasteiger partial charge in [-0.3, -0.25) is 0 Å². The van der Waals surface area contributed by atoms with Gasteiger partial charge in [0.15, 0.2) is 6.29 Å². The van der Waals surface area contributed by atoms with Crippen molar-refractivity contribution in [2.24, 2.45) is 0 Å². The predicted octanol–water partition coefficient (Wildman–Crippen LogP) is -4.95. The maximum Gasteiger partial charge on any atom is 0.171 e. The van der Waals surface area contributed by atoms with Crippen molar-refractivity contribution in [3.8, 4) is 0 Å². The molecule has 56 valence electrons. The standard InChI is InChI=1S/C5H11NO2.ClH/c1-6-4-2-3-5(7)8;/h2-3,5-8H,4H2,1H3;1H. The van der Waals surface area contributed by atoms with Gasteiger partial charge in [0, 0.05) is 0 Å². The zero-order valence-electron chi connectivity index (χ0n) is 5.29. The van der Waals surface area contributed by atoms with Crippen LogP contribution in [0.4, 0.5) is 0 Å². The summed E-state index contributed by atoms with van der Waals surface area (Å²) >= 11 is 0. The maximum absolute atomic E-state index is 8.23. The van der Waals surface area contributed by atoms with E-state index in [1.54, 1.807) is 6.08 Å². The number of likely N-dealkylation sites (N-methyl/N-ethyl adjacent to an activating group) is 1. The Balaban J connectivity index is 0. The van der Waals surface area contributed by atoms with Crippen LogP contribution in [-0.4, -0.2) is 30.1 Å². The Kier molecular flexibility index (Phi) is 10.3. The molecule has 0 spiro atoms. The van der Waals surface area contributed by atoms with Crippen LogP contribution in [-0.2, 0) is 0 Å². The molecule has 0 aromatic carbocycles. The van der Waals surface area contributed by atoms with Gasteiger partial charge >= 0.3 is 0 Å². The van der Waals surface area contributed by atoms with Gasteiger partial charge in [0.2, 0.25) is 0 Å². The molecule has 0 atom stereocenters. The molecule has 0 saturated heterocycles. The summed E-state index contributed by atoms with van der Waals surface area (Å²) in [7, 11) is 1.91. The maximum atomic E-state index is 8.23. The van der Waals surface area contributed by atoms with Gasteiger partial charge in [-0.15, -0.1) is 0 Å². The Morgan fingerprint density at radius 1 is 1.56 bits per heavy atom. The summed E-state index contributed by atoms with van der Waals surface area (Å²) in [4.78, 5) is 0. The van der Waals surface area contributed by atoms with Crippen LogP contribution in [0.2, 0.25) is 0 Å². The number of aliphatic hydroxyl groups excluding tert-OH is 1. The van der Waals surface area contributed by atoms with Crippen LogP contribution < -0.4 is 17.7 Å². The lowest BCUT2D eigenvalue weighted by molar-refractivity contribution is -0.617. The van der Waals surface area contributed by atoms with Crippen molar-refractivity contribution in [3.05, 3.63) is 12.2 Å². The van der Waals surface area contributed by atoms with Gasteiger partial charge in [-0.2, -0.15) is 0 Å². The van der Waals surface area contributed by atoms with Crippen LogP contribution in [0.5, 0.6) is 0 Å². The van der Waals surface area contributed by atoms with E-state index in [2.05, 4.69) is 0 Å². The Morgan fingerprint density at radius 2 is 2.11 bits per heavy atom. The second kappa shape index (κ2) is 7.91. The minimum atomic E-state index is -1.30. The Hall–Kier alpha value is -0.0900. The molecule has 0 saturated carbocycles. The zero-order chi connectivity index (χ0) is 6.41. The lowest BCUT2D eigenvalue weighted by Gasteiger charge is -1.90. The van der Waals surface area contributed by atoms with Crippen molar-refractivity contribution >= 4 is 0 Å². The molecule has 0 bridgehead atoms. The largest absolute Gasteiger partial charge is 1.00 e. The van der Waals surface area contributed by atoms with Gasteiger partial charge in [0.05, 0.1) is 13.6 Å². The van der Waals surface area contributed by atoms with Crippen molar-refractivity contribution in [1.29, 1.82) is 0 Å². The molecule has 0 fully saturated rings. The van der Waals surface area contributed by atoms with Crippen LogP contribution in [0.3, 0.4) is 0 Å². The van der Waals surface area contributed by atoms with Crippen molar-refractivity contribution in [2.75, 3.05) is 13.6 Å². The number of rotatable bonds is 3. The average Bonchev–Trinajstić information content (AvgIpc) is 1.66. The third kappa shape index (κ3) is 11.5. The van der Waals surface area contributed by atoms with E-state index >= 15 is 0 Å². The van der Waals surface area contributed by atoms with E-state index in [4.69, 9.17) is 10.2 Å². The first-order valence-corrected chi connectivity index (χ1v) is 2.58. The first-order chi connectivity index (χ1) is 3.77. The van der Waals surface area contributed by atoms with Gasteiger partial charge in [0.25, 0.3) is 0 Å². The first kappa shape index (κ1) is 11.7. The summed E-state index contributed by atoms with van der Waals surface area (Å²) < 4.78 is 0.